The summed E-state index contributed by atoms with van der Waals surface area (Å²) in [5, 5.41) is 6.65. The van der Waals surface area contributed by atoms with E-state index in [0.29, 0.717) is 29.7 Å². The third-order valence-electron chi connectivity index (χ3n) is 6.45. The summed E-state index contributed by atoms with van der Waals surface area (Å²) in [5.74, 6) is 2.09. The minimum Gasteiger partial charge on any atom is -0.495 e. The van der Waals surface area contributed by atoms with Gasteiger partial charge in [0.15, 0.2) is 0 Å². The van der Waals surface area contributed by atoms with Crippen molar-refractivity contribution in [3.05, 3.63) is 84.6 Å². The van der Waals surface area contributed by atoms with E-state index in [0.717, 1.165) is 47.9 Å². The Hall–Kier alpha value is -4.63. The first-order valence-corrected chi connectivity index (χ1v) is 13.2. The van der Waals surface area contributed by atoms with E-state index >= 15 is 0 Å². The number of hydrogen-bond donors (Lipinski definition) is 2. The number of esters is 1. The summed E-state index contributed by atoms with van der Waals surface area (Å²) >= 11 is 0. The minimum atomic E-state index is -0.393. The first kappa shape index (κ1) is 28.4. The number of hydrogen-bond acceptors (Lipinski definition) is 9. The lowest BCUT2D eigenvalue weighted by Gasteiger charge is -2.18. The smallest absolute Gasteiger partial charge is 0.337 e. The molecule has 0 fully saturated rings. The molecule has 0 unspecified atom stereocenters. The molecule has 0 amide bonds. The number of ether oxygens (including phenoxy) is 3. The van der Waals surface area contributed by atoms with E-state index in [9.17, 15) is 4.79 Å². The highest BCUT2D eigenvalue weighted by Gasteiger charge is 2.14. The first-order valence-electron chi connectivity index (χ1n) is 13.2. The summed E-state index contributed by atoms with van der Waals surface area (Å²) in [6.07, 6.45) is 1.74. The zero-order valence-electron chi connectivity index (χ0n) is 23.3. The van der Waals surface area contributed by atoms with E-state index in [2.05, 4.69) is 34.4 Å². The zero-order valence-corrected chi connectivity index (χ0v) is 23.3. The van der Waals surface area contributed by atoms with E-state index in [1.165, 1.54) is 7.11 Å². The SMILES string of the molecule is CCN(CC)CCOc1ccc(Nc2ncc(-c3ccc(C(=O)OC)cc3)c(Nc3ccccc3OC)n2)cc1. The van der Waals surface area contributed by atoms with Crippen LogP contribution < -0.4 is 20.1 Å². The summed E-state index contributed by atoms with van der Waals surface area (Å²) in [4.78, 5) is 23.6. The molecule has 0 aliphatic carbocycles. The first-order chi connectivity index (χ1) is 19.5. The lowest BCUT2D eigenvalue weighted by atomic mass is 10.1. The van der Waals surface area contributed by atoms with Gasteiger partial charge >= 0.3 is 5.97 Å². The van der Waals surface area contributed by atoms with Crippen molar-refractivity contribution >= 4 is 29.1 Å². The molecule has 0 radical (unpaired) electrons. The molecule has 2 N–H and O–H groups in total. The molecule has 9 heteroatoms. The van der Waals surface area contributed by atoms with Gasteiger partial charge in [0.25, 0.3) is 0 Å². The quantitative estimate of drug-likeness (QED) is 0.193. The molecule has 0 aliphatic heterocycles. The van der Waals surface area contributed by atoms with Crippen LogP contribution in [0.4, 0.5) is 23.1 Å². The van der Waals surface area contributed by atoms with Crippen molar-refractivity contribution in [1.29, 1.82) is 0 Å². The number of aromatic nitrogens is 2. The molecule has 0 spiro atoms. The van der Waals surface area contributed by atoms with Crippen LogP contribution in [0.1, 0.15) is 24.2 Å². The molecule has 4 rings (SSSR count). The number of benzene rings is 3. The summed E-state index contributed by atoms with van der Waals surface area (Å²) in [5.41, 5.74) is 3.64. The van der Waals surface area contributed by atoms with E-state index in [-0.39, 0.29) is 0 Å². The molecule has 40 heavy (non-hydrogen) atoms. The number of nitrogens with one attached hydrogen (secondary N) is 2. The van der Waals surface area contributed by atoms with Gasteiger partial charge in [0.1, 0.15) is 23.9 Å². The van der Waals surface area contributed by atoms with Gasteiger partial charge in [-0.15, -0.1) is 0 Å². The van der Waals surface area contributed by atoms with Crippen LogP contribution in [0.5, 0.6) is 11.5 Å². The zero-order chi connectivity index (χ0) is 28.3. The van der Waals surface area contributed by atoms with Crippen molar-refractivity contribution in [3.63, 3.8) is 0 Å². The Kier molecular flexibility index (Phi) is 9.90. The summed E-state index contributed by atoms with van der Waals surface area (Å²) in [6, 6.07) is 22.4. The highest BCUT2D eigenvalue weighted by molar-refractivity contribution is 5.90. The Bertz CT molecular complexity index is 1390. The molecule has 0 aliphatic rings. The van der Waals surface area contributed by atoms with Crippen LogP contribution in [0.2, 0.25) is 0 Å². The maximum Gasteiger partial charge on any atom is 0.337 e. The van der Waals surface area contributed by atoms with E-state index in [4.69, 9.17) is 19.2 Å². The number of anilines is 4. The maximum absolute atomic E-state index is 11.9. The van der Waals surface area contributed by atoms with E-state index in [1.54, 1.807) is 25.4 Å². The molecular weight excluding hydrogens is 506 g/mol. The lowest BCUT2D eigenvalue weighted by Crippen LogP contribution is -2.27. The molecule has 208 valence electrons. The molecule has 1 aromatic heterocycles. The molecule has 4 aromatic rings. The van der Waals surface area contributed by atoms with Gasteiger partial charge in [-0.1, -0.05) is 38.1 Å². The van der Waals surface area contributed by atoms with Gasteiger partial charge in [-0.25, -0.2) is 9.78 Å². The van der Waals surface area contributed by atoms with Crippen molar-refractivity contribution in [3.8, 4) is 22.6 Å². The number of methoxy groups -OCH3 is 2. The van der Waals surface area contributed by atoms with Crippen LogP contribution in [0.3, 0.4) is 0 Å². The standard InChI is InChI=1S/C31H35N5O4/c1-5-36(6-2)19-20-40-25-17-15-24(16-18-25)33-31-32-21-26(22-11-13-23(14-12-22)30(37)39-4)29(35-31)34-27-9-7-8-10-28(27)38-3/h7-18,21H,5-6,19-20H2,1-4H3,(H2,32,33,34,35). The van der Waals surface area contributed by atoms with Crippen molar-refractivity contribution in [2.75, 3.05) is 51.1 Å². The Labute approximate surface area is 235 Å². The molecule has 9 nitrogen and oxygen atoms in total. The largest absolute Gasteiger partial charge is 0.495 e. The van der Waals surface area contributed by atoms with Gasteiger partial charge in [-0.3, -0.25) is 0 Å². The molecule has 0 atom stereocenters. The second-order valence-corrected chi connectivity index (χ2v) is 8.87. The molecular formula is C31H35N5O4. The van der Waals surface area contributed by atoms with Crippen LogP contribution in [0, 0.1) is 0 Å². The molecule has 0 bridgehead atoms. The monoisotopic (exact) mass is 541 g/mol. The average molecular weight is 542 g/mol. The number of carbonyl (C=O) groups is 1. The van der Waals surface area contributed by atoms with Crippen LogP contribution in [-0.2, 0) is 4.74 Å². The number of rotatable bonds is 13. The van der Waals surface area contributed by atoms with Crippen molar-refractivity contribution < 1.29 is 19.0 Å². The molecule has 0 saturated heterocycles. The van der Waals surface area contributed by atoms with Crippen LogP contribution in [0.15, 0.2) is 79.0 Å². The fourth-order valence-corrected chi connectivity index (χ4v) is 4.12. The topological polar surface area (TPSA) is 97.8 Å². The average Bonchev–Trinajstić information content (AvgIpc) is 3.00. The van der Waals surface area contributed by atoms with Gasteiger partial charge in [0.2, 0.25) is 5.95 Å². The Morgan fingerprint density at radius 1 is 0.900 bits per heavy atom. The summed E-state index contributed by atoms with van der Waals surface area (Å²) in [7, 11) is 2.98. The third kappa shape index (κ3) is 7.27. The minimum absolute atomic E-state index is 0.393. The van der Waals surface area contributed by atoms with E-state index < -0.39 is 5.97 Å². The predicted molar refractivity (Wildman–Crippen MR) is 158 cm³/mol. The lowest BCUT2D eigenvalue weighted by molar-refractivity contribution is 0.0600. The Morgan fingerprint density at radius 2 is 1.62 bits per heavy atom. The summed E-state index contributed by atoms with van der Waals surface area (Å²) in [6.45, 7) is 7.84. The number of carbonyl (C=O) groups excluding carboxylic acids is 1. The van der Waals surface area contributed by atoms with Crippen molar-refractivity contribution in [2.45, 2.75) is 13.8 Å². The highest BCUT2D eigenvalue weighted by Crippen LogP contribution is 2.33. The maximum atomic E-state index is 11.9. The molecule has 3 aromatic carbocycles. The van der Waals surface area contributed by atoms with Gasteiger partial charge in [0, 0.05) is 24.0 Å². The van der Waals surface area contributed by atoms with Gasteiger partial charge < -0.3 is 29.7 Å². The molecule has 0 saturated carbocycles. The highest BCUT2D eigenvalue weighted by atomic mass is 16.5. The van der Waals surface area contributed by atoms with Crippen LogP contribution in [0.25, 0.3) is 11.1 Å². The number of nitrogens with zero attached hydrogens (tertiary/aromatic N) is 3. The van der Waals surface area contributed by atoms with Crippen LogP contribution in [-0.4, -0.2) is 61.3 Å². The normalized spacial score (nSPS) is 10.7. The fraction of sp³-hybridized carbons (Fsp3) is 0.258. The van der Waals surface area contributed by atoms with Gasteiger partial charge in [-0.2, -0.15) is 4.98 Å². The van der Waals surface area contributed by atoms with Crippen molar-refractivity contribution in [1.82, 2.24) is 14.9 Å². The summed E-state index contributed by atoms with van der Waals surface area (Å²) < 4.78 is 16.2. The Balaban J connectivity index is 1.56. The molecule has 1 heterocycles. The third-order valence-corrected chi connectivity index (χ3v) is 6.45. The predicted octanol–water partition coefficient (Wildman–Crippen LogP) is 6.15. The fourth-order valence-electron chi connectivity index (χ4n) is 4.12. The van der Waals surface area contributed by atoms with E-state index in [1.807, 2.05) is 60.7 Å². The van der Waals surface area contributed by atoms with Crippen molar-refractivity contribution in [2.24, 2.45) is 0 Å². The number of likely N-dealkylation sites (N-methyl/N-ethyl adjacent to an activating group) is 1. The van der Waals surface area contributed by atoms with Gasteiger partial charge in [0.05, 0.1) is 25.5 Å². The Morgan fingerprint density at radius 3 is 2.30 bits per heavy atom. The van der Waals surface area contributed by atoms with Crippen LogP contribution >= 0.6 is 0 Å². The van der Waals surface area contributed by atoms with Gasteiger partial charge in [-0.05, 0) is 67.2 Å². The second-order valence-electron chi connectivity index (χ2n) is 8.87. The second kappa shape index (κ2) is 14.0. The number of para-hydroxylation sites is 2.